The molecule has 0 aromatic carbocycles. The normalized spacial score (nSPS) is 19.1. The van der Waals surface area contributed by atoms with E-state index >= 15 is 0 Å². The lowest BCUT2D eigenvalue weighted by Gasteiger charge is -2.33. The van der Waals surface area contributed by atoms with Crippen molar-refractivity contribution in [3.05, 3.63) is 16.0 Å². The zero-order chi connectivity index (χ0) is 14.2. The average molecular weight is 281 g/mol. The summed E-state index contributed by atoms with van der Waals surface area (Å²) in [5.74, 6) is 0.403. The molecule has 0 unspecified atom stereocenters. The fourth-order valence-electron chi connectivity index (χ4n) is 2.77. The summed E-state index contributed by atoms with van der Waals surface area (Å²) in [6.45, 7) is 9.07. The number of anilines is 1. The van der Waals surface area contributed by atoms with Crippen molar-refractivity contribution in [2.24, 2.45) is 11.3 Å². The third-order valence-corrected chi connectivity index (χ3v) is 5.08. The molecule has 1 atom stereocenters. The molecule has 19 heavy (non-hydrogen) atoms. The molecule has 0 saturated heterocycles. The molecule has 1 aliphatic carbocycles. The average Bonchev–Trinajstić information content (AvgIpc) is 2.62. The van der Waals surface area contributed by atoms with E-state index in [1.165, 1.54) is 4.88 Å². The standard InChI is InChI=1S/C15H23NO2S/c1-5-18-14(17)12-10-7-6-9(15(2,3)4)8-11(10)19-13(12)16/h9H,5-8,16H2,1-4H3/t9-/m0/s1. The molecular formula is C15H23NO2S. The molecule has 0 bridgehead atoms. The van der Waals surface area contributed by atoms with E-state index in [0.717, 1.165) is 24.8 Å². The van der Waals surface area contributed by atoms with Crippen molar-refractivity contribution in [2.45, 2.75) is 47.0 Å². The van der Waals surface area contributed by atoms with Crippen LogP contribution in [0.5, 0.6) is 0 Å². The quantitative estimate of drug-likeness (QED) is 0.842. The number of fused-ring (bicyclic) bond motifs is 1. The Morgan fingerprint density at radius 1 is 1.47 bits per heavy atom. The van der Waals surface area contributed by atoms with Crippen LogP contribution in [0, 0.1) is 11.3 Å². The molecule has 1 aromatic rings. The summed E-state index contributed by atoms with van der Waals surface area (Å²) >= 11 is 1.57. The Morgan fingerprint density at radius 3 is 2.74 bits per heavy atom. The molecule has 0 radical (unpaired) electrons. The second-order valence-corrected chi connectivity index (χ2v) is 7.41. The molecule has 1 aromatic heterocycles. The third kappa shape index (κ3) is 2.78. The van der Waals surface area contributed by atoms with Gasteiger partial charge in [-0.3, -0.25) is 0 Å². The highest BCUT2D eigenvalue weighted by atomic mass is 32.1. The first-order chi connectivity index (χ1) is 8.84. The van der Waals surface area contributed by atoms with Crippen LogP contribution in [0.25, 0.3) is 0 Å². The van der Waals surface area contributed by atoms with Gasteiger partial charge in [-0.25, -0.2) is 4.79 Å². The van der Waals surface area contributed by atoms with Gasteiger partial charge >= 0.3 is 5.97 Å². The monoisotopic (exact) mass is 281 g/mol. The lowest BCUT2D eigenvalue weighted by Crippen LogP contribution is -2.26. The third-order valence-electron chi connectivity index (χ3n) is 4.00. The van der Waals surface area contributed by atoms with Gasteiger partial charge in [0.2, 0.25) is 0 Å². The van der Waals surface area contributed by atoms with Gasteiger partial charge < -0.3 is 10.5 Å². The molecule has 0 aliphatic heterocycles. The van der Waals surface area contributed by atoms with Crippen molar-refractivity contribution in [1.29, 1.82) is 0 Å². The number of esters is 1. The highest BCUT2D eigenvalue weighted by Gasteiger charge is 2.33. The van der Waals surface area contributed by atoms with E-state index < -0.39 is 0 Å². The lowest BCUT2D eigenvalue weighted by atomic mass is 9.72. The van der Waals surface area contributed by atoms with Crippen LogP contribution in [0.1, 0.15) is 54.9 Å². The predicted molar refractivity (Wildman–Crippen MR) is 79.7 cm³/mol. The molecule has 0 saturated carbocycles. The van der Waals surface area contributed by atoms with Gasteiger partial charge in [0, 0.05) is 4.88 Å². The van der Waals surface area contributed by atoms with E-state index in [0.29, 0.717) is 28.5 Å². The molecule has 3 nitrogen and oxygen atoms in total. The SMILES string of the molecule is CCOC(=O)c1c(N)sc2c1CC[C@H](C(C)(C)C)C2. The molecular weight excluding hydrogens is 258 g/mol. The summed E-state index contributed by atoms with van der Waals surface area (Å²) in [5.41, 5.74) is 8.10. The highest BCUT2D eigenvalue weighted by molar-refractivity contribution is 7.16. The summed E-state index contributed by atoms with van der Waals surface area (Å²) in [5, 5.41) is 0.623. The summed E-state index contributed by atoms with van der Waals surface area (Å²) in [4.78, 5) is 13.3. The first kappa shape index (κ1) is 14.4. The topological polar surface area (TPSA) is 52.3 Å². The Hall–Kier alpha value is -1.03. The Labute approximate surface area is 119 Å². The van der Waals surface area contributed by atoms with Crippen LogP contribution in [0.3, 0.4) is 0 Å². The number of ether oxygens (including phenoxy) is 1. The Morgan fingerprint density at radius 2 is 2.16 bits per heavy atom. The second-order valence-electron chi connectivity index (χ2n) is 6.27. The molecule has 2 N–H and O–H groups in total. The lowest BCUT2D eigenvalue weighted by molar-refractivity contribution is 0.0526. The van der Waals surface area contributed by atoms with E-state index in [1.54, 1.807) is 11.3 Å². The molecule has 1 heterocycles. The van der Waals surface area contributed by atoms with Gasteiger partial charge in [-0.1, -0.05) is 20.8 Å². The maximum atomic E-state index is 12.0. The fourth-order valence-corrected chi connectivity index (χ4v) is 3.96. The van der Waals surface area contributed by atoms with Gasteiger partial charge in [0.1, 0.15) is 5.00 Å². The number of hydrogen-bond acceptors (Lipinski definition) is 4. The zero-order valence-corrected chi connectivity index (χ0v) is 13.0. The minimum Gasteiger partial charge on any atom is -0.462 e. The summed E-state index contributed by atoms with van der Waals surface area (Å²) in [7, 11) is 0. The molecule has 2 rings (SSSR count). The van der Waals surface area contributed by atoms with Crippen molar-refractivity contribution in [2.75, 3.05) is 12.3 Å². The number of carbonyl (C=O) groups is 1. The predicted octanol–water partition coefficient (Wildman–Crippen LogP) is 3.66. The van der Waals surface area contributed by atoms with Crippen LogP contribution in [-0.4, -0.2) is 12.6 Å². The van der Waals surface area contributed by atoms with E-state index in [2.05, 4.69) is 20.8 Å². The number of rotatable bonds is 2. The van der Waals surface area contributed by atoms with Crippen LogP contribution in [0.4, 0.5) is 5.00 Å². The van der Waals surface area contributed by atoms with Crippen LogP contribution < -0.4 is 5.73 Å². The van der Waals surface area contributed by atoms with E-state index in [4.69, 9.17) is 10.5 Å². The molecule has 0 fully saturated rings. The maximum Gasteiger partial charge on any atom is 0.341 e. The Bertz CT molecular complexity index is 485. The van der Waals surface area contributed by atoms with Crippen molar-refractivity contribution in [3.63, 3.8) is 0 Å². The van der Waals surface area contributed by atoms with Gasteiger partial charge in [-0.2, -0.15) is 0 Å². The first-order valence-corrected chi connectivity index (χ1v) is 7.73. The second kappa shape index (κ2) is 5.16. The fraction of sp³-hybridized carbons (Fsp3) is 0.667. The smallest absolute Gasteiger partial charge is 0.341 e. The molecule has 1 aliphatic rings. The van der Waals surface area contributed by atoms with Crippen molar-refractivity contribution in [3.8, 4) is 0 Å². The highest BCUT2D eigenvalue weighted by Crippen LogP contribution is 2.43. The van der Waals surface area contributed by atoms with Gasteiger partial charge in [0.15, 0.2) is 0 Å². The van der Waals surface area contributed by atoms with Crippen LogP contribution in [-0.2, 0) is 17.6 Å². The molecule has 0 spiro atoms. The number of hydrogen-bond donors (Lipinski definition) is 1. The van der Waals surface area contributed by atoms with Gasteiger partial charge in [0.25, 0.3) is 0 Å². The largest absolute Gasteiger partial charge is 0.462 e. The number of thiophene rings is 1. The summed E-state index contributed by atoms with van der Waals surface area (Å²) in [6, 6.07) is 0. The van der Waals surface area contributed by atoms with Crippen LogP contribution in [0.15, 0.2) is 0 Å². The Balaban J connectivity index is 2.30. The number of nitrogen functional groups attached to an aromatic ring is 1. The van der Waals surface area contributed by atoms with Crippen molar-refractivity contribution >= 4 is 22.3 Å². The molecule has 106 valence electrons. The minimum atomic E-state index is -0.258. The Kier molecular flexibility index (Phi) is 3.90. The number of carbonyl (C=O) groups excluding carboxylic acids is 1. The van der Waals surface area contributed by atoms with Gasteiger partial charge in [-0.05, 0) is 43.1 Å². The van der Waals surface area contributed by atoms with Crippen LogP contribution in [0.2, 0.25) is 0 Å². The minimum absolute atomic E-state index is 0.258. The van der Waals surface area contributed by atoms with Crippen molar-refractivity contribution < 1.29 is 9.53 Å². The summed E-state index contributed by atoms with van der Waals surface area (Å²) in [6.07, 6.45) is 3.10. The van der Waals surface area contributed by atoms with Crippen molar-refractivity contribution in [1.82, 2.24) is 0 Å². The first-order valence-electron chi connectivity index (χ1n) is 6.91. The van der Waals surface area contributed by atoms with E-state index in [1.807, 2.05) is 6.92 Å². The zero-order valence-electron chi connectivity index (χ0n) is 12.2. The summed E-state index contributed by atoms with van der Waals surface area (Å²) < 4.78 is 5.12. The van der Waals surface area contributed by atoms with Gasteiger partial charge in [-0.15, -0.1) is 11.3 Å². The number of nitrogens with two attached hydrogens (primary N) is 1. The van der Waals surface area contributed by atoms with Crippen LogP contribution >= 0.6 is 11.3 Å². The van der Waals surface area contributed by atoms with Gasteiger partial charge in [0.05, 0.1) is 12.2 Å². The molecule has 0 amide bonds. The molecule has 4 heteroatoms. The van der Waals surface area contributed by atoms with E-state index in [9.17, 15) is 4.79 Å². The maximum absolute atomic E-state index is 12.0. The van der Waals surface area contributed by atoms with E-state index in [-0.39, 0.29) is 5.97 Å².